The summed E-state index contributed by atoms with van der Waals surface area (Å²) in [7, 11) is -7.33. The molecule has 170 valence electrons. The van der Waals surface area contributed by atoms with E-state index in [1.807, 2.05) is 19.9 Å². The SMILES string of the molecule is CCC(C)NS(=O)(=O)c1ccc(C(=O)NCCNS(=O)(=O)c2cc(C)ccc2C)cc1. The molecule has 10 heteroatoms. The van der Waals surface area contributed by atoms with Crippen molar-refractivity contribution in [3.05, 3.63) is 59.2 Å². The van der Waals surface area contributed by atoms with Crippen LogP contribution in [-0.4, -0.2) is 41.9 Å². The van der Waals surface area contributed by atoms with E-state index in [1.165, 1.54) is 24.3 Å². The van der Waals surface area contributed by atoms with Gasteiger partial charge in [-0.3, -0.25) is 4.79 Å². The van der Waals surface area contributed by atoms with Gasteiger partial charge in [0.15, 0.2) is 0 Å². The summed E-state index contributed by atoms with van der Waals surface area (Å²) in [6, 6.07) is 10.6. The van der Waals surface area contributed by atoms with Gasteiger partial charge in [0, 0.05) is 24.7 Å². The summed E-state index contributed by atoms with van der Waals surface area (Å²) in [5.74, 6) is -0.426. The average molecular weight is 468 g/mol. The zero-order chi connectivity index (χ0) is 23.2. The Kier molecular flexibility index (Phi) is 8.35. The fourth-order valence-corrected chi connectivity index (χ4v) is 5.43. The summed E-state index contributed by atoms with van der Waals surface area (Å²) in [6.07, 6.45) is 0.660. The number of carbonyl (C=O) groups excluding carboxylic acids is 1. The maximum atomic E-state index is 12.5. The summed E-state index contributed by atoms with van der Waals surface area (Å²) < 4.78 is 54.5. The summed E-state index contributed by atoms with van der Waals surface area (Å²) in [5, 5.41) is 2.62. The van der Waals surface area contributed by atoms with Gasteiger partial charge in [-0.05, 0) is 68.7 Å². The number of hydrogen-bond acceptors (Lipinski definition) is 5. The van der Waals surface area contributed by atoms with Crippen LogP contribution in [-0.2, 0) is 20.0 Å². The average Bonchev–Trinajstić information content (AvgIpc) is 2.72. The molecule has 0 aromatic heterocycles. The van der Waals surface area contributed by atoms with Crippen LogP contribution in [0.15, 0.2) is 52.3 Å². The first-order chi connectivity index (χ1) is 14.5. The number of rotatable bonds is 10. The summed E-state index contributed by atoms with van der Waals surface area (Å²) in [6.45, 7) is 7.29. The van der Waals surface area contributed by atoms with Crippen LogP contribution >= 0.6 is 0 Å². The van der Waals surface area contributed by atoms with Crippen LogP contribution in [0.1, 0.15) is 41.8 Å². The van der Waals surface area contributed by atoms with E-state index in [2.05, 4.69) is 14.8 Å². The molecule has 2 rings (SSSR count). The second-order valence-electron chi connectivity index (χ2n) is 7.38. The van der Waals surface area contributed by atoms with E-state index in [9.17, 15) is 21.6 Å². The molecule has 2 aromatic carbocycles. The van der Waals surface area contributed by atoms with Crippen molar-refractivity contribution in [2.75, 3.05) is 13.1 Å². The largest absolute Gasteiger partial charge is 0.351 e. The third kappa shape index (κ3) is 6.86. The van der Waals surface area contributed by atoms with Crippen LogP contribution in [0, 0.1) is 13.8 Å². The zero-order valence-electron chi connectivity index (χ0n) is 18.1. The molecular formula is C21H29N3O5S2. The van der Waals surface area contributed by atoms with E-state index in [1.54, 1.807) is 26.0 Å². The van der Waals surface area contributed by atoms with Crippen LogP contribution < -0.4 is 14.8 Å². The van der Waals surface area contributed by atoms with Crippen molar-refractivity contribution in [2.24, 2.45) is 0 Å². The molecule has 0 aliphatic carbocycles. The summed E-state index contributed by atoms with van der Waals surface area (Å²) in [5.41, 5.74) is 1.75. The topological polar surface area (TPSA) is 121 Å². The molecule has 8 nitrogen and oxygen atoms in total. The van der Waals surface area contributed by atoms with E-state index in [0.29, 0.717) is 12.0 Å². The molecule has 0 fully saturated rings. The second kappa shape index (κ2) is 10.4. The number of nitrogens with one attached hydrogen (secondary N) is 3. The van der Waals surface area contributed by atoms with Crippen molar-refractivity contribution < 1.29 is 21.6 Å². The van der Waals surface area contributed by atoms with Gasteiger partial charge in [0.05, 0.1) is 9.79 Å². The van der Waals surface area contributed by atoms with Gasteiger partial charge >= 0.3 is 0 Å². The fraction of sp³-hybridized carbons (Fsp3) is 0.381. The minimum absolute atomic E-state index is 0.0206. The Morgan fingerprint density at radius 2 is 1.58 bits per heavy atom. The first kappa shape index (κ1) is 25.0. The highest BCUT2D eigenvalue weighted by molar-refractivity contribution is 7.89. The Hall–Kier alpha value is -2.27. The number of sulfonamides is 2. The molecule has 0 radical (unpaired) electrons. The van der Waals surface area contributed by atoms with Gasteiger partial charge in [0.1, 0.15) is 0 Å². The molecule has 0 aliphatic rings. The lowest BCUT2D eigenvalue weighted by Crippen LogP contribution is -2.35. The molecule has 0 bridgehead atoms. The Morgan fingerprint density at radius 1 is 0.935 bits per heavy atom. The van der Waals surface area contributed by atoms with Gasteiger partial charge in [0.2, 0.25) is 20.0 Å². The molecule has 31 heavy (non-hydrogen) atoms. The molecule has 2 aromatic rings. The van der Waals surface area contributed by atoms with Gasteiger partial charge in [-0.25, -0.2) is 26.3 Å². The maximum absolute atomic E-state index is 12.5. The smallest absolute Gasteiger partial charge is 0.251 e. The maximum Gasteiger partial charge on any atom is 0.251 e. The molecule has 3 N–H and O–H groups in total. The molecule has 1 unspecified atom stereocenters. The Morgan fingerprint density at radius 3 is 2.19 bits per heavy atom. The van der Waals surface area contributed by atoms with Crippen LogP contribution in [0.25, 0.3) is 0 Å². The predicted molar refractivity (Wildman–Crippen MR) is 120 cm³/mol. The van der Waals surface area contributed by atoms with E-state index in [0.717, 1.165) is 5.56 Å². The van der Waals surface area contributed by atoms with Crippen molar-refractivity contribution in [3.63, 3.8) is 0 Å². The number of carbonyl (C=O) groups is 1. The molecule has 1 amide bonds. The van der Waals surface area contributed by atoms with Crippen molar-refractivity contribution in [1.29, 1.82) is 0 Å². The third-order valence-corrected chi connectivity index (χ3v) is 7.94. The van der Waals surface area contributed by atoms with Gasteiger partial charge in [-0.15, -0.1) is 0 Å². The first-order valence-corrected chi connectivity index (χ1v) is 12.9. The monoisotopic (exact) mass is 467 g/mol. The van der Waals surface area contributed by atoms with Crippen LogP contribution in [0.2, 0.25) is 0 Å². The first-order valence-electron chi connectivity index (χ1n) is 9.94. The molecule has 0 saturated carbocycles. The van der Waals surface area contributed by atoms with E-state index >= 15 is 0 Å². The van der Waals surface area contributed by atoms with Crippen molar-refractivity contribution >= 4 is 26.0 Å². The molecule has 0 saturated heterocycles. The minimum atomic E-state index is -3.69. The standard InChI is InChI=1S/C21H29N3O5S2/c1-5-17(4)24-30(26,27)19-10-8-18(9-11-19)21(25)22-12-13-23-31(28,29)20-14-15(2)6-7-16(20)3/h6-11,14,17,23-24H,5,12-13H2,1-4H3,(H,22,25). The lowest BCUT2D eigenvalue weighted by molar-refractivity contribution is 0.0954. The van der Waals surface area contributed by atoms with E-state index in [4.69, 9.17) is 0 Å². The van der Waals surface area contributed by atoms with Crippen molar-refractivity contribution in [2.45, 2.75) is 49.9 Å². The molecular weight excluding hydrogens is 438 g/mol. The Balaban J connectivity index is 1.92. The minimum Gasteiger partial charge on any atom is -0.351 e. The lowest BCUT2D eigenvalue weighted by atomic mass is 10.2. The lowest BCUT2D eigenvalue weighted by Gasteiger charge is -2.12. The van der Waals surface area contributed by atoms with Crippen molar-refractivity contribution in [3.8, 4) is 0 Å². The van der Waals surface area contributed by atoms with E-state index in [-0.39, 0.29) is 34.5 Å². The van der Waals surface area contributed by atoms with Crippen LogP contribution in [0.4, 0.5) is 0 Å². The van der Waals surface area contributed by atoms with Gasteiger partial charge in [-0.2, -0.15) is 0 Å². The molecule has 0 spiro atoms. The second-order valence-corrected chi connectivity index (χ2v) is 10.8. The van der Waals surface area contributed by atoms with Gasteiger partial charge < -0.3 is 5.32 Å². The van der Waals surface area contributed by atoms with Crippen LogP contribution in [0.3, 0.4) is 0 Å². The highest BCUT2D eigenvalue weighted by Crippen LogP contribution is 2.16. The number of hydrogen-bond donors (Lipinski definition) is 3. The quantitative estimate of drug-likeness (QED) is 0.462. The highest BCUT2D eigenvalue weighted by Gasteiger charge is 2.18. The predicted octanol–water partition coefficient (Wildman–Crippen LogP) is 2.09. The van der Waals surface area contributed by atoms with E-state index < -0.39 is 26.0 Å². The normalized spacial score (nSPS) is 13.0. The number of benzene rings is 2. The van der Waals surface area contributed by atoms with Crippen LogP contribution in [0.5, 0.6) is 0 Å². The Bertz CT molecular complexity index is 1130. The van der Waals surface area contributed by atoms with Gasteiger partial charge in [0.25, 0.3) is 5.91 Å². The summed E-state index contributed by atoms with van der Waals surface area (Å²) in [4.78, 5) is 12.6. The number of amides is 1. The van der Waals surface area contributed by atoms with Gasteiger partial charge in [-0.1, -0.05) is 19.1 Å². The molecule has 0 heterocycles. The number of aryl methyl sites for hydroxylation is 2. The highest BCUT2D eigenvalue weighted by atomic mass is 32.2. The Labute approximate surface area is 184 Å². The summed E-state index contributed by atoms with van der Waals surface area (Å²) >= 11 is 0. The molecule has 1 atom stereocenters. The fourth-order valence-electron chi connectivity index (χ4n) is 2.74. The molecule has 0 aliphatic heterocycles. The van der Waals surface area contributed by atoms with Crippen molar-refractivity contribution in [1.82, 2.24) is 14.8 Å². The third-order valence-electron chi connectivity index (χ3n) is 4.73. The zero-order valence-corrected chi connectivity index (χ0v) is 19.7.